The minimum Gasteiger partial charge on any atom is -0.461 e. The van der Waals surface area contributed by atoms with Crippen molar-refractivity contribution in [2.45, 2.75) is 55.9 Å². The molecule has 25 heavy (non-hydrogen) atoms. The number of nitrogens with one attached hydrogen (secondary N) is 1. The number of hydrogen-bond acceptors (Lipinski definition) is 4. The molecule has 1 aromatic carbocycles. The van der Waals surface area contributed by atoms with E-state index in [1.807, 2.05) is 6.07 Å². The van der Waals surface area contributed by atoms with Crippen LogP contribution in [0.4, 0.5) is 4.79 Å². The average Bonchev–Trinajstić information content (AvgIpc) is 3.21. The highest BCUT2D eigenvalue weighted by atomic mass is 32.2. The number of carbonyl (C=O) groups is 1. The number of hydrogen-bond donors (Lipinski definition) is 3. The summed E-state index contributed by atoms with van der Waals surface area (Å²) in [7, 11) is -3.44. The summed E-state index contributed by atoms with van der Waals surface area (Å²) >= 11 is 0. The molecular formula is C17H21NO6S. The highest BCUT2D eigenvalue weighted by Gasteiger charge is 2.25. The maximum atomic E-state index is 12.5. The Morgan fingerprint density at radius 1 is 1.12 bits per heavy atom. The van der Waals surface area contributed by atoms with Crippen LogP contribution in [0.5, 0.6) is 0 Å². The highest BCUT2D eigenvalue weighted by molar-refractivity contribution is 7.89. The van der Waals surface area contributed by atoms with Crippen LogP contribution in [-0.2, 0) is 22.9 Å². The van der Waals surface area contributed by atoms with Crippen LogP contribution in [0.3, 0.4) is 0 Å². The first-order chi connectivity index (χ1) is 11.9. The molecule has 2 aromatic rings. The highest BCUT2D eigenvalue weighted by Crippen LogP contribution is 2.34. The normalized spacial score (nSPS) is 17.3. The van der Waals surface area contributed by atoms with Crippen LogP contribution in [0.25, 0.3) is 11.0 Å². The van der Waals surface area contributed by atoms with E-state index in [0.717, 1.165) is 56.1 Å². The minimum atomic E-state index is -3.44. The number of sulfonamides is 1. The van der Waals surface area contributed by atoms with Gasteiger partial charge in [-0.05, 0) is 37.8 Å². The summed E-state index contributed by atoms with van der Waals surface area (Å²) in [4.78, 5) is 8.87. The van der Waals surface area contributed by atoms with Gasteiger partial charge in [-0.25, -0.2) is 17.9 Å². The van der Waals surface area contributed by atoms with Crippen LogP contribution >= 0.6 is 0 Å². The predicted octanol–water partition coefficient (Wildman–Crippen LogP) is 3.36. The molecule has 1 aromatic heterocycles. The monoisotopic (exact) mass is 367 g/mol. The number of aryl methyl sites for hydroxylation is 2. The van der Waals surface area contributed by atoms with Gasteiger partial charge in [-0.15, -0.1) is 0 Å². The third-order valence-electron chi connectivity index (χ3n) is 4.67. The molecule has 0 radical (unpaired) electrons. The maximum absolute atomic E-state index is 12.5. The molecule has 7 nitrogen and oxygen atoms in total. The molecule has 8 heteroatoms. The van der Waals surface area contributed by atoms with Gasteiger partial charge in [0.15, 0.2) is 0 Å². The van der Waals surface area contributed by atoms with Crippen molar-refractivity contribution in [2.75, 3.05) is 0 Å². The molecule has 0 aliphatic heterocycles. The van der Waals surface area contributed by atoms with Gasteiger partial charge >= 0.3 is 6.16 Å². The first kappa shape index (κ1) is 17.8. The smallest absolute Gasteiger partial charge is 0.461 e. The maximum Gasteiger partial charge on any atom is 0.503 e. The van der Waals surface area contributed by atoms with Gasteiger partial charge in [0, 0.05) is 29.5 Å². The molecule has 0 atom stereocenters. The molecule has 136 valence electrons. The molecule has 2 aliphatic carbocycles. The predicted molar refractivity (Wildman–Crippen MR) is 91.5 cm³/mol. The van der Waals surface area contributed by atoms with Crippen molar-refractivity contribution < 1.29 is 27.8 Å². The molecule has 0 unspecified atom stereocenters. The summed E-state index contributed by atoms with van der Waals surface area (Å²) in [5, 5.41) is 15.0. The molecule has 1 saturated carbocycles. The Labute approximate surface area is 145 Å². The molecule has 1 heterocycles. The van der Waals surface area contributed by atoms with E-state index >= 15 is 0 Å². The fraction of sp³-hybridized carbons (Fsp3) is 0.471. The van der Waals surface area contributed by atoms with E-state index < -0.39 is 16.2 Å². The number of rotatable bonds is 3. The zero-order chi connectivity index (χ0) is 18.0. The fourth-order valence-electron chi connectivity index (χ4n) is 3.58. The largest absolute Gasteiger partial charge is 0.503 e. The lowest BCUT2D eigenvalue weighted by Crippen LogP contribution is -2.32. The van der Waals surface area contributed by atoms with Crippen molar-refractivity contribution in [3.8, 4) is 0 Å². The molecule has 0 bridgehead atoms. The van der Waals surface area contributed by atoms with Crippen molar-refractivity contribution in [1.82, 2.24) is 4.72 Å². The van der Waals surface area contributed by atoms with E-state index in [0.29, 0.717) is 10.5 Å². The first-order valence-electron chi connectivity index (χ1n) is 8.35. The lowest BCUT2D eigenvalue weighted by molar-refractivity contribution is 0.137. The van der Waals surface area contributed by atoms with Gasteiger partial charge < -0.3 is 14.6 Å². The molecule has 2 aliphatic rings. The quantitative estimate of drug-likeness (QED) is 0.766. The van der Waals surface area contributed by atoms with Crippen molar-refractivity contribution in [3.63, 3.8) is 0 Å². The topological polar surface area (TPSA) is 117 Å². The standard InChI is InChI=1S/C16H19NO3S.CH2O3/c18-21(19,17-11-4-1-2-5-11)12-8-9-14-13-6-3-7-15(13)20-16(14)10-12;2-1(3)4/h8-11,17H,1-7H2;(H2,2,3,4). The molecule has 0 amide bonds. The summed E-state index contributed by atoms with van der Waals surface area (Å²) in [6, 6.07) is 5.36. The first-order valence-corrected chi connectivity index (χ1v) is 9.83. The SMILES string of the molecule is O=C(O)O.O=S(=O)(NC1CCCC1)c1ccc2c3c(oc2c1)CCC3. The summed E-state index contributed by atoms with van der Waals surface area (Å²) in [5.74, 6) is 1.03. The Morgan fingerprint density at radius 2 is 1.80 bits per heavy atom. The molecule has 0 spiro atoms. The van der Waals surface area contributed by atoms with Gasteiger partial charge in [0.2, 0.25) is 10.0 Å². The Morgan fingerprint density at radius 3 is 2.48 bits per heavy atom. The van der Waals surface area contributed by atoms with Gasteiger partial charge in [0.05, 0.1) is 4.90 Å². The van der Waals surface area contributed by atoms with E-state index in [-0.39, 0.29) is 6.04 Å². The van der Waals surface area contributed by atoms with E-state index in [9.17, 15) is 8.42 Å². The van der Waals surface area contributed by atoms with Crippen LogP contribution in [0, 0.1) is 0 Å². The Kier molecular flexibility index (Phi) is 5.01. The third-order valence-corrected chi connectivity index (χ3v) is 6.18. The zero-order valence-corrected chi connectivity index (χ0v) is 14.5. The summed E-state index contributed by atoms with van der Waals surface area (Å²) < 4.78 is 33.5. The van der Waals surface area contributed by atoms with Gasteiger partial charge in [-0.2, -0.15) is 0 Å². The minimum absolute atomic E-state index is 0.0901. The lowest BCUT2D eigenvalue weighted by Gasteiger charge is -2.12. The molecule has 1 fully saturated rings. The van der Waals surface area contributed by atoms with E-state index in [1.54, 1.807) is 12.1 Å². The van der Waals surface area contributed by atoms with Gasteiger partial charge in [0.25, 0.3) is 0 Å². The van der Waals surface area contributed by atoms with Gasteiger partial charge in [-0.3, -0.25) is 0 Å². The second-order valence-corrected chi connectivity index (χ2v) is 8.11. The number of benzene rings is 1. The number of fused-ring (bicyclic) bond motifs is 3. The van der Waals surface area contributed by atoms with Crippen molar-refractivity contribution >= 4 is 27.1 Å². The summed E-state index contributed by atoms with van der Waals surface area (Å²) in [5.41, 5.74) is 1.96. The Balaban J connectivity index is 0.000000415. The second-order valence-electron chi connectivity index (χ2n) is 6.40. The van der Waals surface area contributed by atoms with Crippen molar-refractivity contribution in [2.24, 2.45) is 0 Å². The average molecular weight is 367 g/mol. The second kappa shape index (κ2) is 7.05. The van der Waals surface area contributed by atoms with Crippen LogP contribution in [0.1, 0.15) is 43.4 Å². The Bertz CT molecular complexity index is 876. The van der Waals surface area contributed by atoms with Gasteiger partial charge in [-0.1, -0.05) is 12.8 Å². The van der Waals surface area contributed by atoms with Crippen molar-refractivity contribution in [3.05, 3.63) is 29.5 Å². The van der Waals surface area contributed by atoms with Crippen LogP contribution in [0.15, 0.2) is 27.5 Å². The van der Waals surface area contributed by atoms with Gasteiger partial charge in [0.1, 0.15) is 11.3 Å². The van der Waals surface area contributed by atoms with Crippen LogP contribution in [-0.4, -0.2) is 30.8 Å². The van der Waals surface area contributed by atoms with Crippen molar-refractivity contribution in [1.29, 1.82) is 0 Å². The lowest BCUT2D eigenvalue weighted by atomic mass is 10.1. The van der Waals surface area contributed by atoms with Crippen LogP contribution < -0.4 is 4.72 Å². The molecule has 4 rings (SSSR count). The number of carboxylic acid groups (broad SMARTS) is 2. The third kappa shape index (κ3) is 3.96. The van der Waals surface area contributed by atoms with E-state index in [2.05, 4.69) is 4.72 Å². The molecule has 3 N–H and O–H groups in total. The summed E-state index contributed by atoms with van der Waals surface area (Å²) in [6.45, 7) is 0. The zero-order valence-electron chi connectivity index (χ0n) is 13.7. The molecular weight excluding hydrogens is 346 g/mol. The fourth-order valence-corrected chi connectivity index (χ4v) is 4.90. The molecule has 0 saturated heterocycles. The van der Waals surface area contributed by atoms with E-state index in [4.69, 9.17) is 19.4 Å². The summed E-state index contributed by atoms with van der Waals surface area (Å²) in [6.07, 6.45) is 5.40. The number of furan rings is 1. The van der Waals surface area contributed by atoms with E-state index in [1.165, 1.54) is 5.56 Å². The van der Waals surface area contributed by atoms with Crippen LogP contribution in [0.2, 0.25) is 0 Å². The Hall–Kier alpha value is -2.06.